The van der Waals surface area contributed by atoms with E-state index >= 15 is 0 Å². The van der Waals surface area contributed by atoms with Gasteiger partial charge in [0.15, 0.2) is 0 Å². The van der Waals surface area contributed by atoms with E-state index in [2.05, 4.69) is 26.8 Å². The predicted molar refractivity (Wildman–Crippen MR) is 122 cm³/mol. The van der Waals surface area contributed by atoms with E-state index in [1.54, 1.807) is 18.6 Å². The highest BCUT2D eigenvalue weighted by atomic mass is 16.5. The Kier molecular flexibility index (Phi) is 5.35. The van der Waals surface area contributed by atoms with Gasteiger partial charge in [-0.15, -0.1) is 0 Å². The van der Waals surface area contributed by atoms with E-state index < -0.39 is 0 Å². The Morgan fingerprint density at radius 1 is 1.16 bits per heavy atom. The van der Waals surface area contributed by atoms with Gasteiger partial charge in [-0.05, 0) is 19.2 Å². The first-order valence-electron chi connectivity index (χ1n) is 10.5. The maximum atomic E-state index is 6.11. The molecule has 0 aromatic carbocycles. The summed E-state index contributed by atoms with van der Waals surface area (Å²) in [5.41, 5.74) is 12.5. The number of nitrogens with zero attached hydrogens (tertiary/aromatic N) is 6. The molecule has 9 heteroatoms. The summed E-state index contributed by atoms with van der Waals surface area (Å²) in [6.07, 6.45) is 7.16. The summed E-state index contributed by atoms with van der Waals surface area (Å²) >= 11 is 0. The zero-order valence-corrected chi connectivity index (χ0v) is 17.6. The number of hydrogen-bond donors (Lipinski definition) is 2. The van der Waals surface area contributed by atoms with Crippen molar-refractivity contribution in [2.24, 2.45) is 10.7 Å². The number of likely N-dealkylation sites (N-methyl/N-ethyl adjacent to an activating group) is 1. The number of aromatic nitrogens is 4. The Morgan fingerprint density at radius 2 is 1.97 bits per heavy atom. The van der Waals surface area contributed by atoms with E-state index in [0.29, 0.717) is 19.2 Å². The molecule has 5 heterocycles. The largest absolute Gasteiger partial charge is 0.404 e. The second kappa shape index (κ2) is 8.44. The van der Waals surface area contributed by atoms with Crippen molar-refractivity contribution in [2.45, 2.75) is 0 Å². The van der Waals surface area contributed by atoms with Crippen molar-refractivity contribution in [2.75, 3.05) is 57.9 Å². The standard InChI is InChI=1S/C22H26N8O/c1-29-7-6-25-18(14-29)16(12-23)17-13-26-21-19(15-2-4-24-5-3-15)27-22(28-20(17)21)30-8-10-31-11-9-30/h2-5,12-13,26H,6-11,14,23H2,1H3/b16-12-. The molecule has 3 aromatic rings. The van der Waals surface area contributed by atoms with E-state index in [9.17, 15) is 0 Å². The van der Waals surface area contributed by atoms with Gasteiger partial charge in [-0.2, -0.15) is 0 Å². The first kappa shape index (κ1) is 19.7. The second-order valence-electron chi connectivity index (χ2n) is 7.78. The minimum Gasteiger partial charge on any atom is -0.404 e. The number of aliphatic imine (C=N–C) groups is 1. The molecule has 0 aliphatic carbocycles. The van der Waals surface area contributed by atoms with Crippen LogP contribution in [0.15, 0.2) is 41.9 Å². The molecule has 2 aliphatic heterocycles. The highest BCUT2D eigenvalue weighted by molar-refractivity contribution is 6.27. The van der Waals surface area contributed by atoms with Gasteiger partial charge in [-0.1, -0.05) is 0 Å². The lowest BCUT2D eigenvalue weighted by molar-refractivity contribution is 0.122. The van der Waals surface area contributed by atoms with Gasteiger partial charge in [-0.25, -0.2) is 9.97 Å². The van der Waals surface area contributed by atoms with Gasteiger partial charge in [0.05, 0.1) is 31.0 Å². The SMILES string of the molecule is CN1CCN=C(/C(=C\N)c2c[nH]c3c(-c4ccncc4)nc(N4CCOCC4)nc23)C1. The van der Waals surface area contributed by atoms with Crippen molar-refractivity contribution in [3.05, 3.63) is 42.5 Å². The number of morpholine rings is 1. The monoisotopic (exact) mass is 418 g/mol. The number of rotatable bonds is 4. The summed E-state index contributed by atoms with van der Waals surface area (Å²) < 4.78 is 5.52. The summed E-state index contributed by atoms with van der Waals surface area (Å²) in [6, 6.07) is 3.93. The van der Waals surface area contributed by atoms with Crippen molar-refractivity contribution < 1.29 is 4.74 Å². The van der Waals surface area contributed by atoms with Crippen LogP contribution in [0.25, 0.3) is 27.9 Å². The summed E-state index contributed by atoms with van der Waals surface area (Å²) in [6.45, 7) is 5.34. The Morgan fingerprint density at radius 3 is 2.71 bits per heavy atom. The Bertz CT molecular complexity index is 1130. The smallest absolute Gasteiger partial charge is 0.226 e. The average molecular weight is 419 g/mol. The summed E-state index contributed by atoms with van der Waals surface area (Å²) in [7, 11) is 2.10. The average Bonchev–Trinajstić information content (AvgIpc) is 3.24. The van der Waals surface area contributed by atoms with E-state index in [1.807, 2.05) is 18.3 Å². The van der Waals surface area contributed by atoms with Crippen LogP contribution < -0.4 is 10.6 Å². The molecular formula is C22H26N8O. The minimum absolute atomic E-state index is 0.670. The number of hydrogen-bond acceptors (Lipinski definition) is 8. The van der Waals surface area contributed by atoms with E-state index in [1.165, 1.54) is 0 Å². The quantitative estimate of drug-likeness (QED) is 0.662. The molecule has 5 rings (SSSR count). The third-order valence-electron chi connectivity index (χ3n) is 5.73. The fraction of sp³-hybridized carbons (Fsp3) is 0.364. The highest BCUT2D eigenvalue weighted by Gasteiger charge is 2.23. The number of H-pyrrole nitrogens is 1. The topological polar surface area (TPSA) is 109 Å². The van der Waals surface area contributed by atoms with Gasteiger partial charge in [0, 0.05) is 67.7 Å². The van der Waals surface area contributed by atoms with Crippen LogP contribution in [-0.4, -0.2) is 83.5 Å². The van der Waals surface area contributed by atoms with Crippen LogP contribution in [-0.2, 0) is 4.74 Å². The number of ether oxygens (including phenoxy) is 1. The van der Waals surface area contributed by atoms with Crippen LogP contribution in [0.3, 0.4) is 0 Å². The molecule has 3 N–H and O–H groups in total. The van der Waals surface area contributed by atoms with Crippen molar-refractivity contribution in [3.63, 3.8) is 0 Å². The van der Waals surface area contributed by atoms with Crippen molar-refractivity contribution in [1.82, 2.24) is 24.8 Å². The molecule has 160 valence electrons. The van der Waals surface area contributed by atoms with Crippen LogP contribution >= 0.6 is 0 Å². The number of anilines is 1. The molecule has 0 unspecified atom stereocenters. The highest BCUT2D eigenvalue weighted by Crippen LogP contribution is 2.32. The Balaban J connectivity index is 1.67. The van der Waals surface area contributed by atoms with Crippen LogP contribution in [0.1, 0.15) is 5.56 Å². The molecule has 0 bridgehead atoms. The third kappa shape index (κ3) is 3.77. The van der Waals surface area contributed by atoms with Gasteiger partial charge < -0.3 is 20.4 Å². The van der Waals surface area contributed by atoms with E-state index in [0.717, 1.165) is 71.9 Å². The number of aromatic amines is 1. The second-order valence-corrected chi connectivity index (χ2v) is 7.78. The maximum absolute atomic E-state index is 6.11. The molecule has 3 aromatic heterocycles. The van der Waals surface area contributed by atoms with Gasteiger partial charge in [0.1, 0.15) is 11.2 Å². The first-order valence-corrected chi connectivity index (χ1v) is 10.5. The molecule has 1 saturated heterocycles. The molecule has 0 amide bonds. The molecule has 9 nitrogen and oxygen atoms in total. The van der Waals surface area contributed by atoms with Gasteiger partial charge in [-0.3, -0.25) is 14.9 Å². The Labute approximate surface area is 180 Å². The maximum Gasteiger partial charge on any atom is 0.226 e. The Hall–Kier alpha value is -3.30. The van der Waals surface area contributed by atoms with Crippen LogP contribution in [0.2, 0.25) is 0 Å². The van der Waals surface area contributed by atoms with Crippen molar-refractivity contribution >= 4 is 28.3 Å². The number of fused-ring (bicyclic) bond motifs is 1. The van der Waals surface area contributed by atoms with Crippen molar-refractivity contribution in [3.8, 4) is 11.3 Å². The molecule has 2 aliphatic rings. The summed E-state index contributed by atoms with van der Waals surface area (Å²) in [5, 5.41) is 0. The molecule has 0 spiro atoms. The lowest BCUT2D eigenvalue weighted by Crippen LogP contribution is -2.37. The van der Waals surface area contributed by atoms with Gasteiger partial charge in [0.25, 0.3) is 0 Å². The lowest BCUT2D eigenvalue weighted by atomic mass is 10.0. The summed E-state index contributed by atoms with van der Waals surface area (Å²) in [4.78, 5) is 26.6. The molecule has 0 radical (unpaired) electrons. The van der Waals surface area contributed by atoms with Gasteiger partial charge in [0.2, 0.25) is 5.95 Å². The first-order chi connectivity index (χ1) is 15.2. The zero-order chi connectivity index (χ0) is 21.2. The molecule has 0 saturated carbocycles. The molecule has 31 heavy (non-hydrogen) atoms. The normalized spacial score (nSPS) is 18.4. The minimum atomic E-state index is 0.670. The lowest BCUT2D eigenvalue weighted by Gasteiger charge is -2.27. The van der Waals surface area contributed by atoms with Gasteiger partial charge >= 0.3 is 0 Å². The molecule has 0 atom stereocenters. The van der Waals surface area contributed by atoms with Crippen molar-refractivity contribution in [1.29, 1.82) is 0 Å². The molecule has 1 fully saturated rings. The van der Waals surface area contributed by atoms with Crippen LogP contribution in [0.5, 0.6) is 0 Å². The van der Waals surface area contributed by atoms with Crippen LogP contribution in [0, 0.1) is 0 Å². The number of pyridine rings is 1. The van der Waals surface area contributed by atoms with E-state index in [4.69, 9.17) is 25.4 Å². The zero-order valence-electron chi connectivity index (χ0n) is 17.6. The third-order valence-corrected chi connectivity index (χ3v) is 5.73. The summed E-state index contributed by atoms with van der Waals surface area (Å²) in [5.74, 6) is 0.697. The fourth-order valence-electron chi connectivity index (χ4n) is 4.07. The predicted octanol–water partition coefficient (Wildman–Crippen LogP) is 1.54. The fourth-order valence-corrected chi connectivity index (χ4v) is 4.07. The number of nitrogens with one attached hydrogen (secondary N) is 1. The van der Waals surface area contributed by atoms with E-state index in [-0.39, 0.29) is 0 Å². The molecular weight excluding hydrogens is 392 g/mol. The number of nitrogens with two attached hydrogens (primary N) is 1. The van der Waals surface area contributed by atoms with Crippen LogP contribution in [0.4, 0.5) is 5.95 Å².